The summed E-state index contributed by atoms with van der Waals surface area (Å²) in [6, 6.07) is -0.311. The number of alkyl halides is 3. The van der Waals surface area contributed by atoms with Crippen LogP contribution in [0.25, 0.3) is 0 Å². The number of carbonyl (C=O) groups is 1. The number of rotatable bonds is 4. The van der Waals surface area contributed by atoms with E-state index < -0.39 is 40.1 Å². The number of hydrogen-bond donors (Lipinski definition) is 2. The Morgan fingerprint density at radius 2 is 2.17 bits per heavy atom. The number of nitrogen functional groups attached to an aromatic ring is 1. The molecule has 1 atom stereocenters. The molecule has 2 aromatic rings. The highest BCUT2D eigenvalue weighted by atomic mass is 19.4. The summed E-state index contributed by atoms with van der Waals surface area (Å²) in [5.41, 5.74) is 4.19. The van der Waals surface area contributed by atoms with Crippen molar-refractivity contribution >= 4 is 17.4 Å². The molecule has 0 aliphatic rings. The summed E-state index contributed by atoms with van der Waals surface area (Å²) in [6.07, 6.45) is -1.36. The second-order valence-electron chi connectivity index (χ2n) is 4.94. The number of halogens is 3. The Bertz CT molecular complexity index is 787. The third-order valence-corrected chi connectivity index (χ3v) is 3.15. The van der Waals surface area contributed by atoms with Gasteiger partial charge < -0.3 is 15.6 Å². The summed E-state index contributed by atoms with van der Waals surface area (Å²) in [5.74, 6) is -1.62. The average Bonchev–Trinajstić information content (AvgIpc) is 2.89. The molecule has 0 aliphatic carbocycles. The van der Waals surface area contributed by atoms with Crippen LogP contribution < -0.4 is 11.1 Å². The molecule has 0 aliphatic heterocycles. The van der Waals surface area contributed by atoms with Crippen LogP contribution in [0.15, 0.2) is 30.7 Å². The fourth-order valence-electron chi connectivity index (χ4n) is 2.00. The Kier molecular flexibility index (Phi) is 4.44. The van der Waals surface area contributed by atoms with Gasteiger partial charge in [0.15, 0.2) is 6.04 Å². The summed E-state index contributed by atoms with van der Waals surface area (Å²) in [5, 5.41) is 12.5. The van der Waals surface area contributed by atoms with Crippen molar-refractivity contribution in [2.45, 2.75) is 12.2 Å². The molecule has 0 radical (unpaired) electrons. The van der Waals surface area contributed by atoms with Crippen molar-refractivity contribution in [1.82, 2.24) is 14.9 Å². The number of nitrogens with zero attached hydrogens (tertiary/aromatic N) is 3. The molecule has 8 nitrogen and oxygen atoms in total. The maximum Gasteiger partial charge on any atom is 0.412 e. The van der Waals surface area contributed by atoms with Gasteiger partial charge in [-0.2, -0.15) is 13.2 Å². The van der Waals surface area contributed by atoms with E-state index in [1.807, 2.05) is 0 Å². The number of aromatic nitrogens is 2. The Morgan fingerprint density at radius 3 is 2.67 bits per heavy atom. The van der Waals surface area contributed by atoms with Crippen LogP contribution in [0.4, 0.5) is 24.7 Å². The van der Waals surface area contributed by atoms with Crippen molar-refractivity contribution < 1.29 is 22.9 Å². The van der Waals surface area contributed by atoms with Crippen LogP contribution in [0.1, 0.15) is 22.0 Å². The monoisotopic (exact) mass is 343 g/mol. The maximum absolute atomic E-state index is 13.2. The van der Waals surface area contributed by atoms with Gasteiger partial charge in [-0.25, -0.2) is 4.98 Å². The summed E-state index contributed by atoms with van der Waals surface area (Å²) in [7, 11) is 1.53. The molecule has 3 N–H and O–H groups in total. The lowest BCUT2D eigenvalue weighted by Gasteiger charge is -2.21. The lowest BCUT2D eigenvalue weighted by atomic mass is 10.1. The van der Waals surface area contributed by atoms with E-state index in [4.69, 9.17) is 5.73 Å². The normalized spacial score (nSPS) is 12.7. The molecule has 11 heteroatoms. The molecule has 2 aromatic heterocycles. The predicted octanol–water partition coefficient (Wildman–Crippen LogP) is 1.94. The topological polar surface area (TPSA) is 116 Å². The van der Waals surface area contributed by atoms with E-state index in [1.54, 1.807) is 5.32 Å². The van der Waals surface area contributed by atoms with E-state index in [1.165, 1.54) is 30.1 Å². The first-order chi connectivity index (χ1) is 11.1. The average molecular weight is 343 g/mol. The standard InChI is InChI=1S/C13H12F3N5O3/c1-20-3-2-7(6-20)10(13(14,15)16)19-12(22)9-4-8(21(23)24)5-18-11(9)17/h2-6,10H,1H3,(H2,17,18)(H,19,22)/t10-/m0/s1. The highest BCUT2D eigenvalue weighted by Gasteiger charge is 2.42. The van der Waals surface area contributed by atoms with Crippen molar-refractivity contribution in [3.63, 3.8) is 0 Å². The van der Waals surface area contributed by atoms with E-state index in [2.05, 4.69) is 4.98 Å². The summed E-state index contributed by atoms with van der Waals surface area (Å²) < 4.78 is 41.1. The van der Waals surface area contributed by atoms with Crippen LogP contribution in [-0.2, 0) is 7.05 Å². The van der Waals surface area contributed by atoms with Crippen LogP contribution in [-0.4, -0.2) is 26.6 Å². The summed E-state index contributed by atoms with van der Waals surface area (Å²) in [6.45, 7) is 0. The number of nitrogens with two attached hydrogens (primary N) is 1. The van der Waals surface area contributed by atoms with Gasteiger partial charge in [0, 0.05) is 31.1 Å². The molecule has 0 unspecified atom stereocenters. The summed E-state index contributed by atoms with van der Waals surface area (Å²) >= 11 is 0. The molecule has 2 heterocycles. The first-order valence-corrected chi connectivity index (χ1v) is 6.49. The quantitative estimate of drug-likeness (QED) is 0.650. The Labute approximate surface area is 133 Å². The molecule has 0 saturated heterocycles. The van der Waals surface area contributed by atoms with Gasteiger partial charge in [-0.15, -0.1) is 0 Å². The number of carbonyl (C=O) groups excluding carboxylic acids is 1. The lowest BCUT2D eigenvalue weighted by molar-refractivity contribution is -0.385. The van der Waals surface area contributed by atoms with E-state index >= 15 is 0 Å². The largest absolute Gasteiger partial charge is 0.412 e. The van der Waals surface area contributed by atoms with E-state index in [0.29, 0.717) is 0 Å². The molecule has 1 amide bonds. The van der Waals surface area contributed by atoms with Crippen molar-refractivity contribution in [3.8, 4) is 0 Å². The van der Waals surface area contributed by atoms with Gasteiger partial charge in [0.1, 0.15) is 12.0 Å². The van der Waals surface area contributed by atoms with Crippen molar-refractivity contribution in [1.29, 1.82) is 0 Å². The van der Waals surface area contributed by atoms with E-state index in [9.17, 15) is 28.1 Å². The van der Waals surface area contributed by atoms with Gasteiger partial charge in [-0.3, -0.25) is 14.9 Å². The fourth-order valence-corrected chi connectivity index (χ4v) is 2.00. The Hall–Kier alpha value is -3.11. The number of anilines is 1. The third kappa shape index (κ3) is 3.62. The second kappa shape index (κ2) is 6.18. The zero-order chi connectivity index (χ0) is 18.1. The van der Waals surface area contributed by atoms with Gasteiger partial charge in [-0.1, -0.05) is 0 Å². The Morgan fingerprint density at radius 1 is 1.50 bits per heavy atom. The van der Waals surface area contributed by atoms with Crippen molar-refractivity contribution in [2.24, 2.45) is 7.05 Å². The third-order valence-electron chi connectivity index (χ3n) is 3.15. The predicted molar refractivity (Wildman–Crippen MR) is 77.0 cm³/mol. The SMILES string of the molecule is Cn1ccc([C@H](NC(=O)c2cc([N+](=O)[O-])cnc2N)C(F)(F)F)c1. The number of aryl methyl sites for hydroxylation is 1. The molecule has 24 heavy (non-hydrogen) atoms. The van der Waals surface area contributed by atoms with Crippen LogP contribution in [0.5, 0.6) is 0 Å². The van der Waals surface area contributed by atoms with Gasteiger partial charge in [-0.05, 0) is 6.07 Å². The molecule has 0 fully saturated rings. The fraction of sp³-hybridized carbons (Fsp3) is 0.231. The minimum Gasteiger partial charge on any atom is -0.383 e. The zero-order valence-corrected chi connectivity index (χ0v) is 12.2. The van der Waals surface area contributed by atoms with Crippen molar-refractivity contribution in [2.75, 3.05) is 5.73 Å². The molecular weight excluding hydrogens is 331 g/mol. The highest BCUT2D eigenvalue weighted by Crippen LogP contribution is 2.33. The van der Waals surface area contributed by atoms with Gasteiger partial charge in [0.2, 0.25) is 0 Å². The van der Waals surface area contributed by atoms with Gasteiger partial charge >= 0.3 is 6.18 Å². The second-order valence-corrected chi connectivity index (χ2v) is 4.94. The summed E-state index contributed by atoms with van der Waals surface area (Å²) in [4.78, 5) is 25.4. The number of amides is 1. The smallest absolute Gasteiger partial charge is 0.383 e. The minimum absolute atomic E-state index is 0.185. The van der Waals surface area contributed by atoms with Crippen LogP contribution in [0, 0.1) is 10.1 Å². The molecule has 128 valence electrons. The maximum atomic E-state index is 13.2. The van der Waals surface area contributed by atoms with Crippen molar-refractivity contribution in [3.05, 3.63) is 52.0 Å². The highest BCUT2D eigenvalue weighted by molar-refractivity contribution is 5.99. The number of nitrogens with one attached hydrogen (secondary N) is 1. The number of hydrogen-bond acceptors (Lipinski definition) is 5. The molecule has 0 spiro atoms. The van der Waals surface area contributed by atoms with Crippen LogP contribution in [0.2, 0.25) is 0 Å². The minimum atomic E-state index is -4.76. The molecule has 2 rings (SSSR count). The lowest BCUT2D eigenvalue weighted by Crippen LogP contribution is -2.38. The first-order valence-electron chi connectivity index (χ1n) is 6.49. The van der Waals surface area contributed by atoms with Crippen LogP contribution in [0.3, 0.4) is 0 Å². The molecule has 0 saturated carbocycles. The molecular formula is C13H12F3N5O3. The van der Waals surface area contributed by atoms with E-state index in [0.717, 1.165) is 12.3 Å². The Balaban J connectivity index is 2.35. The molecule has 0 aromatic carbocycles. The first kappa shape index (κ1) is 17.2. The number of nitro groups is 1. The zero-order valence-electron chi connectivity index (χ0n) is 12.2. The van der Waals surface area contributed by atoms with E-state index in [-0.39, 0.29) is 5.56 Å². The molecule has 0 bridgehead atoms. The van der Waals surface area contributed by atoms with Gasteiger partial charge in [0.05, 0.1) is 10.5 Å². The van der Waals surface area contributed by atoms with Gasteiger partial charge in [0.25, 0.3) is 11.6 Å². The van der Waals surface area contributed by atoms with Crippen LogP contribution >= 0.6 is 0 Å². The number of pyridine rings is 1.